The third-order valence-electron chi connectivity index (χ3n) is 3.36. The van der Waals surface area contributed by atoms with Gasteiger partial charge in [-0.05, 0) is 21.0 Å². The molecule has 1 atom stereocenters. The fourth-order valence-electron chi connectivity index (χ4n) is 2.46. The Morgan fingerprint density at radius 2 is 1.90 bits per heavy atom. The number of hydrogen-bond acceptors (Lipinski definition) is 3. The van der Waals surface area contributed by atoms with Crippen LogP contribution in [0.4, 0.5) is 0 Å². The molecule has 0 saturated heterocycles. The van der Waals surface area contributed by atoms with E-state index >= 15 is 0 Å². The van der Waals surface area contributed by atoms with E-state index in [2.05, 4.69) is 4.98 Å². The number of nitrogens with zero attached hydrogens (tertiary/aromatic N) is 3. The fourth-order valence-corrected chi connectivity index (χ4v) is 2.46. The lowest BCUT2D eigenvalue weighted by molar-refractivity contribution is -0.142. The lowest BCUT2D eigenvalue weighted by Gasteiger charge is -2.21. The number of likely N-dealkylation sites (N-methyl/N-ethyl adjacent to an activating group) is 1. The van der Waals surface area contributed by atoms with Crippen molar-refractivity contribution in [3.8, 4) is 11.4 Å². The van der Waals surface area contributed by atoms with Crippen molar-refractivity contribution < 1.29 is 9.90 Å². The van der Waals surface area contributed by atoms with Gasteiger partial charge in [0.1, 0.15) is 5.82 Å². The van der Waals surface area contributed by atoms with Gasteiger partial charge in [-0.3, -0.25) is 9.69 Å². The van der Waals surface area contributed by atoms with E-state index in [0.29, 0.717) is 5.69 Å². The van der Waals surface area contributed by atoms with Crippen LogP contribution < -0.4 is 0 Å². The number of carboxylic acids is 1. The molecule has 0 aliphatic carbocycles. The Morgan fingerprint density at radius 1 is 1.30 bits per heavy atom. The monoisotopic (exact) mass is 273 g/mol. The third-order valence-corrected chi connectivity index (χ3v) is 3.36. The molecule has 106 valence electrons. The summed E-state index contributed by atoms with van der Waals surface area (Å²) in [5, 5.41) is 9.44. The highest BCUT2D eigenvalue weighted by Crippen LogP contribution is 2.27. The van der Waals surface area contributed by atoms with E-state index < -0.39 is 12.0 Å². The number of aryl methyl sites for hydroxylation is 1. The van der Waals surface area contributed by atoms with Crippen LogP contribution in [0.3, 0.4) is 0 Å². The lowest BCUT2D eigenvalue weighted by atomic mass is 10.1. The SMILES string of the molecule is Cc1nc(-c2ccccc2)n(C)c1C(C(=O)O)N(C)C. The molecule has 0 spiro atoms. The van der Waals surface area contributed by atoms with Crippen molar-refractivity contribution in [2.24, 2.45) is 7.05 Å². The topological polar surface area (TPSA) is 58.4 Å². The molecule has 1 heterocycles. The zero-order chi connectivity index (χ0) is 14.9. The van der Waals surface area contributed by atoms with Crippen LogP contribution in [0.15, 0.2) is 30.3 Å². The smallest absolute Gasteiger partial charge is 0.327 e. The Bertz CT molecular complexity index is 618. The zero-order valence-electron chi connectivity index (χ0n) is 12.2. The summed E-state index contributed by atoms with van der Waals surface area (Å²) >= 11 is 0. The Hall–Kier alpha value is -2.14. The molecule has 0 radical (unpaired) electrons. The average Bonchev–Trinajstić information content (AvgIpc) is 2.67. The molecule has 0 amide bonds. The van der Waals surface area contributed by atoms with Gasteiger partial charge in [-0.2, -0.15) is 0 Å². The van der Waals surface area contributed by atoms with Crippen LogP contribution >= 0.6 is 0 Å². The summed E-state index contributed by atoms with van der Waals surface area (Å²) in [6, 6.07) is 9.07. The van der Waals surface area contributed by atoms with Gasteiger partial charge < -0.3 is 9.67 Å². The van der Waals surface area contributed by atoms with Gasteiger partial charge in [0.2, 0.25) is 0 Å². The van der Waals surface area contributed by atoms with Gasteiger partial charge in [-0.25, -0.2) is 4.98 Å². The molecule has 2 rings (SSSR count). The Balaban J connectivity index is 2.57. The van der Waals surface area contributed by atoms with E-state index in [1.165, 1.54) is 0 Å². The predicted molar refractivity (Wildman–Crippen MR) is 77.4 cm³/mol. The molecule has 1 aromatic carbocycles. The summed E-state index contributed by atoms with van der Waals surface area (Å²) in [5.41, 5.74) is 2.43. The quantitative estimate of drug-likeness (QED) is 0.926. The van der Waals surface area contributed by atoms with Crippen LogP contribution in [0, 0.1) is 6.92 Å². The van der Waals surface area contributed by atoms with Crippen LogP contribution in [0.25, 0.3) is 11.4 Å². The van der Waals surface area contributed by atoms with Crippen molar-refractivity contribution in [2.45, 2.75) is 13.0 Å². The van der Waals surface area contributed by atoms with Gasteiger partial charge in [-0.1, -0.05) is 30.3 Å². The number of aliphatic carboxylic acids is 1. The van der Waals surface area contributed by atoms with Crippen molar-refractivity contribution in [3.05, 3.63) is 41.7 Å². The molecule has 5 nitrogen and oxygen atoms in total. The summed E-state index contributed by atoms with van der Waals surface area (Å²) < 4.78 is 1.86. The van der Waals surface area contributed by atoms with Gasteiger partial charge in [0.25, 0.3) is 0 Å². The maximum atomic E-state index is 11.5. The number of rotatable bonds is 4. The largest absolute Gasteiger partial charge is 0.480 e. The van der Waals surface area contributed by atoms with Crippen LogP contribution in [-0.2, 0) is 11.8 Å². The Morgan fingerprint density at radius 3 is 2.40 bits per heavy atom. The van der Waals surface area contributed by atoms with Gasteiger partial charge >= 0.3 is 5.97 Å². The first-order valence-corrected chi connectivity index (χ1v) is 6.41. The highest BCUT2D eigenvalue weighted by molar-refractivity contribution is 5.76. The molecule has 0 saturated carbocycles. The van der Waals surface area contributed by atoms with Gasteiger partial charge in [0.05, 0.1) is 11.4 Å². The summed E-state index contributed by atoms with van der Waals surface area (Å²) in [7, 11) is 5.37. The second-order valence-electron chi connectivity index (χ2n) is 5.04. The van der Waals surface area contributed by atoms with E-state index in [4.69, 9.17) is 0 Å². The number of aromatic nitrogens is 2. The molecular weight excluding hydrogens is 254 g/mol. The molecule has 1 unspecified atom stereocenters. The first-order valence-electron chi connectivity index (χ1n) is 6.41. The molecule has 0 fully saturated rings. The van der Waals surface area contributed by atoms with E-state index in [1.54, 1.807) is 19.0 Å². The van der Waals surface area contributed by atoms with E-state index in [-0.39, 0.29) is 0 Å². The van der Waals surface area contributed by atoms with Crippen molar-refractivity contribution in [1.29, 1.82) is 0 Å². The van der Waals surface area contributed by atoms with Crippen LogP contribution in [0.5, 0.6) is 0 Å². The molecule has 20 heavy (non-hydrogen) atoms. The maximum absolute atomic E-state index is 11.5. The second kappa shape index (κ2) is 5.46. The summed E-state index contributed by atoms with van der Waals surface area (Å²) in [6.45, 7) is 1.85. The summed E-state index contributed by atoms with van der Waals surface area (Å²) in [5.74, 6) is -0.0908. The minimum absolute atomic E-state index is 0.704. The number of carbonyl (C=O) groups is 1. The van der Waals surface area contributed by atoms with Crippen LogP contribution in [0.1, 0.15) is 17.4 Å². The van der Waals surface area contributed by atoms with E-state index in [1.807, 2.05) is 48.9 Å². The molecule has 1 aromatic heterocycles. The molecule has 5 heteroatoms. The normalized spacial score (nSPS) is 12.7. The highest BCUT2D eigenvalue weighted by atomic mass is 16.4. The number of hydrogen-bond donors (Lipinski definition) is 1. The zero-order valence-corrected chi connectivity index (χ0v) is 12.2. The summed E-state index contributed by atoms with van der Waals surface area (Å²) in [6.07, 6.45) is 0. The summed E-state index contributed by atoms with van der Waals surface area (Å²) in [4.78, 5) is 17.7. The van der Waals surface area contributed by atoms with Crippen molar-refractivity contribution in [2.75, 3.05) is 14.1 Å². The maximum Gasteiger partial charge on any atom is 0.327 e. The molecule has 0 bridgehead atoms. The Labute approximate surface area is 118 Å². The highest BCUT2D eigenvalue weighted by Gasteiger charge is 2.29. The Kier molecular flexibility index (Phi) is 3.90. The minimum Gasteiger partial charge on any atom is -0.480 e. The average molecular weight is 273 g/mol. The van der Waals surface area contributed by atoms with Crippen LogP contribution in [-0.4, -0.2) is 39.6 Å². The van der Waals surface area contributed by atoms with Gasteiger partial charge in [0.15, 0.2) is 6.04 Å². The molecular formula is C15H19N3O2. The molecule has 1 N–H and O–H groups in total. The second-order valence-corrected chi connectivity index (χ2v) is 5.04. The third kappa shape index (κ3) is 2.44. The first-order chi connectivity index (χ1) is 9.43. The van der Waals surface area contributed by atoms with E-state index in [9.17, 15) is 9.90 Å². The van der Waals surface area contributed by atoms with Crippen molar-refractivity contribution >= 4 is 5.97 Å². The molecule has 0 aliphatic rings. The number of carboxylic acid groups (broad SMARTS) is 1. The molecule has 2 aromatic rings. The van der Waals surface area contributed by atoms with Gasteiger partial charge in [0, 0.05) is 12.6 Å². The number of benzene rings is 1. The van der Waals surface area contributed by atoms with E-state index in [0.717, 1.165) is 17.1 Å². The van der Waals surface area contributed by atoms with Crippen molar-refractivity contribution in [3.63, 3.8) is 0 Å². The number of imidazole rings is 1. The van der Waals surface area contributed by atoms with Crippen molar-refractivity contribution in [1.82, 2.24) is 14.5 Å². The fraction of sp³-hybridized carbons (Fsp3) is 0.333. The minimum atomic E-state index is -0.874. The standard InChI is InChI=1S/C15H19N3O2/c1-10-12(13(15(19)20)17(2)3)18(4)14(16-10)11-8-6-5-7-9-11/h5-9,13H,1-4H3,(H,19,20). The molecule has 0 aliphatic heterocycles. The van der Waals surface area contributed by atoms with Crippen LogP contribution in [0.2, 0.25) is 0 Å². The lowest BCUT2D eigenvalue weighted by Crippen LogP contribution is -2.29. The first kappa shape index (κ1) is 14.3. The van der Waals surface area contributed by atoms with Gasteiger partial charge in [-0.15, -0.1) is 0 Å². The predicted octanol–water partition coefficient (Wildman–Crippen LogP) is 2.08.